The first-order valence-electron chi connectivity index (χ1n) is 7.53. The SMILES string of the molecule is CC1CC(C)(C)CC1N1C[C@@H]2CCCN[C@@H]2C1. The quantitative estimate of drug-likeness (QED) is 0.752. The monoisotopic (exact) mass is 236 g/mol. The molecular weight excluding hydrogens is 208 g/mol. The summed E-state index contributed by atoms with van der Waals surface area (Å²) in [6, 6.07) is 1.66. The van der Waals surface area contributed by atoms with Gasteiger partial charge in [-0.1, -0.05) is 20.8 Å². The predicted octanol–water partition coefficient (Wildman–Crippen LogP) is 2.49. The minimum absolute atomic E-state index is 0.575. The van der Waals surface area contributed by atoms with Crippen LogP contribution >= 0.6 is 0 Å². The summed E-state index contributed by atoms with van der Waals surface area (Å²) in [6.45, 7) is 11.3. The van der Waals surface area contributed by atoms with E-state index in [1.54, 1.807) is 0 Å². The molecule has 3 rings (SSSR count). The molecule has 2 heterocycles. The molecule has 0 aromatic carbocycles. The Morgan fingerprint density at radius 1 is 1.18 bits per heavy atom. The molecule has 0 bridgehead atoms. The second-order valence-electron chi connectivity index (χ2n) is 7.53. The van der Waals surface area contributed by atoms with E-state index in [1.807, 2.05) is 0 Å². The Hall–Kier alpha value is -0.0800. The van der Waals surface area contributed by atoms with Crippen molar-refractivity contribution in [3.8, 4) is 0 Å². The van der Waals surface area contributed by atoms with Gasteiger partial charge in [-0.15, -0.1) is 0 Å². The largest absolute Gasteiger partial charge is 0.312 e. The van der Waals surface area contributed by atoms with Crippen LogP contribution in [0.5, 0.6) is 0 Å². The third-order valence-corrected chi connectivity index (χ3v) is 5.39. The average molecular weight is 236 g/mol. The molecule has 3 aliphatic rings. The maximum Gasteiger partial charge on any atom is 0.0235 e. The summed E-state index contributed by atoms with van der Waals surface area (Å²) in [5.41, 5.74) is 0.575. The van der Waals surface area contributed by atoms with Crippen molar-refractivity contribution < 1.29 is 0 Å². The third kappa shape index (κ3) is 2.26. The molecule has 1 aliphatic carbocycles. The number of nitrogens with zero attached hydrogens (tertiary/aromatic N) is 1. The molecule has 0 aromatic heterocycles. The van der Waals surface area contributed by atoms with Crippen molar-refractivity contribution in [1.82, 2.24) is 10.2 Å². The lowest BCUT2D eigenvalue weighted by molar-refractivity contribution is 0.191. The van der Waals surface area contributed by atoms with Gasteiger partial charge in [-0.25, -0.2) is 0 Å². The first kappa shape index (κ1) is 12.0. The Kier molecular flexibility index (Phi) is 2.99. The first-order chi connectivity index (χ1) is 8.05. The lowest BCUT2D eigenvalue weighted by atomic mass is 9.91. The fourth-order valence-electron chi connectivity index (χ4n) is 4.70. The standard InChI is InChI=1S/C15H28N2/c1-11-7-15(2,3)8-14(11)17-9-12-5-4-6-16-13(12)10-17/h11-14,16H,4-10H2,1-3H3/t11?,12-,13+,14?/m0/s1. The maximum absolute atomic E-state index is 3.73. The molecule has 0 aromatic rings. The summed E-state index contributed by atoms with van der Waals surface area (Å²) in [7, 11) is 0. The van der Waals surface area contributed by atoms with Crippen molar-refractivity contribution in [3.05, 3.63) is 0 Å². The number of fused-ring (bicyclic) bond motifs is 1. The van der Waals surface area contributed by atoms with Crippen molar-refractivity contribution in [1.29, 1.82) is 0 Å². The van der Waals surface area contributed by atoms with Crippen LogP contribution in [0.15, 0.2) is 0 Å². The highest BCUT2D eigenvalue weighted by Gasteiger charge is 2.44. The lowest BCUT2D eigenvalue weighted by Gasteiger charge is -2.28. The molecule has 2 heteroatoms. The number of nitrogens with one attached hydrogen (secondary N) is 1. The van der Waals surface area contributed by atoms with Crippen LogP contribution in [0.2, 0.25) is 0 Å². The molecule has 0 radical (unpaired) electrons. The van der Waals surface area contributed by atoms with E-state index in [1.165, 1.54) is 45.3 Å². The van der Waals surface area contributed by atoms with E-state index in [9.17, 15) is 0 Å². The zero-order valence-electron chi connectivity index (χ0n) is 11.7. The fourth-order valence-corrected chi connectivity index (χ4v) is 4.70. The van der Waals surface area contributed by atoms with Gasteiger partial charge in [0.25, 0.3) is 0 Å². The smallest absolute Gasteiger partial charge is 0.0235 e. The molecule has 1 saturated carbocycles. The minimum atomic E-state index is 0.575. The van der Waals surface area contributed by atoms with Crippen LogP contribution in [0.1, 0.15) is 46.5 Å². The Bertz CT molecular complexity index is 273. The Morgan fingerprint density at radius 2 is 2.00 bits per heavy atom. The summed E-state index contributed by atoms with van der Waals surface area (Å²) in [4.78, 5) is 2.81. The van der Waals surface area contributed by atoms with Crippen molar-refractivity contribution in [2.75, 3.05) is 19.6 Å². The van der Waals surface area contributed by atoms with Gasteiger partial charge >= 0.3 is 0 Å². The van der Waals surface area contributed by atoms with Gasteiger partial charge < -0.3 is 5.32 Å². The van der Waals surface area contributed by atoms with E-state index < -0.39 is 0 Å². The predicted molar refractivity (Wildman–Crippen MR) is 72.1 cm³/mol. The molecule has 17 heavy (non-hydrogen) atoms. The van der Waals surface area contributed by atoms with E-state index in [-0.39, 0.29) is 0 Å². The number of hydrogen-bond donors (Lipinski definition) is 1. The van der Waals surface area contributed by atoms with Crippen LogP contribution in [0.4, 0.5) is 0 Å². The second kappa shape index (κ2) is 4.24. The summed E-state index contributed by atoms with van der Waals surface area (Å²) >= 11 is 0. The van der Waals surface area contributed by atoms with Crippen LogP contribution in [-0.4, -0.2) is 36.6 Å². The number of hydrogen-bond acceptors (Lipinski definition) is 2. The molecule has 1 N–H and O–H groups in total. The lowest BCUT2D eigenvalue weighted by Crippen LogP contribution is -2.41. The van der Waals surface area contributed by atoms with Gasteiger partial charge in [0.15, 0.2) is 0 Å². The minimum Gasteiger partial charge on any atom is -0.312 e. The van der Waals surface area contributed by atoms with Crippen molar-refractivity contribution >= 4 is 0 Å². The molecule has 98 valence electrons. The highest BCUT2D eigenvalue weighted by Crippen LogP contribution is 2.44. The van der Waals surface area contributed by atoms with Crippen LogP contribution < -0.4 is 5.32 Å². The molecule has 4 atom stereocenters. The summed E-state index contributed by atoms with van der Waals surface area (Å²) < 4.78 is 0. The van der Waals surface area contributed by atoms with Crippen molar-refractivity contribution in [2.45, 2.75) is 58.5 Å². The number of likely N-dealkylation sites (tertiary alicyclic amines) is 1. The Balaban J connectivity index is 1.66. The molecule has 0 amide bonds. The molecule has 3 fully saturated rings. The second-order valence-corrected chi connectivity index (χ2v) is 7.53. The fraction of sp³-hybridized carbons (Fsp3) is 1.00. The van der Waals surface area contributed by atoms with Crippen molar-refractivity contribution in [2.24, 2.45) is 17.3 Å². The topological polar surface area (TPSA) is 15.3 Å². The van der Waals surface area contributed by atoms with E-state index in [2.05, 4.69) is 31.0 Å². The van der Waals surface area contributed by atoms with Gasteiger partial charge in [0.05, 0.1) is 0 Å². The summed E-state index contributed by atoms with van der Waals surface area (Å²) in [5, 5.41) is 3.73. The third-order valence-electron chi connectivity index (χ3n) is 5.39. The van der Waals surface area contributed by atoms with E-state index >= 15 is 0 Å². The van der Waals surface area contributed by atoms with Crippen LogP contribution in [0.3, 0.4) is 0 Å². The van der Waals surface area contributed by atoms with E-state index in [0.29, 0.717) is 5.41 Å². The highest BCUT2D eigenvalue weighted by molar-refractivity contribution is 4.99. The van der Waals surface area contributed by atoms with E-state index in [0.717, 1.165) is 23.9 Å². The number of rotatable bonds is 1. The summed E-state index contributed by atoms with van der Waals surface area (Å²) in [5.74, 6) is 1.84. The van der Waals surface area contributed by atoms with Gasteiger partial charge in [-0.05, 0) is 49.5 Å². The normalized spacial score (nSPS) is 46.1. The van der Waals surface area contributed by atoms with Crippen LogP contribution in [0.25, 0.3) is 0 Å². The molecular formula is C15H28N2. The molecule has 2 aliphatic heterocycles. The first-order valence-corrected chi connectivity index (χ1v) is 7.53. The Morgan fingerprint density at radius 3 is 2.65 bits per heavy atom. The average Bonchev–Trinajstić information content (AvgIpc) is 2.78. The van der Waals surface area contributed by atoms with Gasteiger partial charge in [0.1, 0.15) is 0 Å². The number of piperidine rings is 1. The molecule has 2 nitrogen and oxygen atoms in total. The van der Waals surface area contributed by atoms with Crippen LogP contribution in [0, 0.1) is 17.3 Å². The highest BCUT2D eigenvalue weighted by atomic mass is 15.2. The maximum atomic E-state index is 3.73. The van der Waals surface area contributed by atoms with E-state index in [4.69, 9.17) is 0 Å². The van der Waals surface area contributed by atoms with Crippen molar-refractivity contribution in [3.63, 3.8) is 0 Å². The molecule has 0 spiro atoms. The zero-order chi connectivity index (χ0) is 12.0. The molecule has 2 saturated heterocycles. The molecule has 2 unspecified atom stereocenters. The van der Waals surface area contributed by atoms with Crippen LogP contribution in [-0.2, 0) is 0 Å². The van der Waals surface area contributed by atoms with Gasteiger partial charge in [0.2, 0.25) is 0 Å². The van der Waals surface area contributed by atoms with Gasteiger partial charge in [-0.2, -0.15) is 0 Å². The van der Waals surface area contributed by atoms with Gasteiger partial charge in [0, 0.05) is 25.2 Å². The van der Waals surface area contributed by atoms with Gasteiger partial charge in [-0.3, -0.25) is 4.90 Å². The zero-order valence-corrected chi connectivity index (χ0v) is 11.7. The summed E-state index contributed by atoms with van der Waals surface area (Å²) in [6.07, 6.45) is 5.67. The Labute approximate surface area is 106 Å².